The fourth-order valence-electron chi connectivity index (χ4n) is 4.39. The van der Waals surface area contributed by atoms with Crippen LogP contribution >= 0.6 is 0 Å². The number of hydrogen-bond acceptors (Lipinski definition) is 3. The van der Waals surface area contributed by atoms with Crippen molar-refractivity contribution >= 4 is 10.9 Å². The Balaban J connectivity index is 1.65. The molecule has 2 heterocycles. The average molecular weight is 377 g/mol. The number of hydrogen-bond donors (Lipinski definition) is 1. The van der Waals surface area contributed by atoms with Crippen LogP contribution in [0.2, 0.25) is 0 Å². The predicted molar refractivity (Wildman–Crippen MR) is 114 cm³/mol. The Bertz CT molecular complexity index is 1010. The minimum absolute atomic E-state index is 0.288. The van der Waals surface area contributed by atoms with Gasteiger partial charge in [-0.15, -0.1) is 0 Å². The molecule has 1 aliphatic heterocycles. The number of aryl methyl sites for hydroxylation is 2. The zero-order valence-corrected chi connectivity index (χ0v) is 16.9. The maximum Gasteiger partial charge on any atom is 0.161 e. The van der Waals surface area contributed by atoms with E-state index >= 15 is 0 Å². The van der Waals surface area contributed by atoms with Crippen molar-refractivity contribution in [3.63, 3.8) is 0 Å². The van der Waals surface area contributed by atoms with Crippen LogP contribution in [-0.2, 0) is 12.8 Å². The number of H-pyrrole nitrogens is 1. The van der Waals surface area contributed by atoms with Crippen LogP contribution in [0, 0.1) is 6.92 Å². The highest BCUT2D eigenvalue weighted by molar-refractivity contribution is 5.83. The molecule has 0 saturated heterocycles. The van der Waals surface area contributed by atoms with E-state index in [1.165, 1.54) is 33.2 Å². The van der Waals surface area contributed by atoms with Crippen LogP contribution in [-0.4, -0.2) is 30.6 Å². The highest BCUT2D eigenvalue weighted by Gasteiger charge is 2.27. The van der Waals surface area contributed by atoms with Gasteiger partial charge in [-0.2, -0.15) is 0 Å². The van der Waals surface area contributed by atoms with Crippen molar-refractivity contribution in [1.82, 2.24) is 9.88 Å². The summed E-state index contributed by atoms with van der Waals surface area (Å²) in [7, 11) is 3.39. The van der Waals surface area contributed by atoms with Crippen LogP contribution in [0.1, 0.15) is 34.7 Å². The van der Waals surface area contributed by atoms with Crippen molar-refractivity contribution in [3.8, 4) is 11.5 Å². The van der Waals surface area contributed by atoms with Crippen LogP contribution < -0.4 is 9.47 Å². The minimum Gasteiger partial charge on any atom is -0.493 e. The summed E-state index contributed by atoms with van der Waals surface area (Å²) in [4.78, 5) is 5.78. The van der Waals surface area contributed by atoms with Crippen LogP contribution in [0.15, 0.2) is 49.3 Å². The molecule has 3 aromatic rings. The van der Waals surface area contributed by atoms with E-state index in [0.29, 0.717) is 0 Å². The Morgan fingerprint density at radius 3 is 2.71 bits per heavy atom. The molecule has 2 aromatic carbocycles. The molecule has 4 nitrogen and oxygen atoms in total. The summed E-state index contributed by atoms with van der Waals surface area (Å²) >= 11 is 0. The molecule has 0 fully saturated rings. The predicted octanol–water partition coefficient (Wildman–Crippen LogP) is 5.17. The molecule has 1 aliphatic rings. The molecule has 1 unspecified atom stereocenters. The molecule has 0 saturated carbocycles. The van der Waals surface area contributed by atoms with Gasteiger partial charge in [0.2, 0.25) is 0 Å². The Labute approximate surface area is 166 Å². The maximum atomic E-state index is 5.56. The van der Waals surface area contributed by atoms with Gasteiger partial charge in [-0.1, -0.05) is 18.7 Å². The molecule has 0 radical (unpaired) electrons. The lowest BCUT2D eigenvalue weighted by molar-refractivity contribution is 0.250. The lowest BCUT2D eigenvalue weighted by atomic mass is 9.88. The van der Waals surface area contributed by atoms with Crippen molar-refractivity contribution in [2.75, 3.05) is 20.8 Å². The van der Waals surface area contributed by atoms with E-state index in [1.807, 2.05) is 6.20 Å². The molecule has 4 rings (SSSR count). The second-order valence-corrected chi connectivity index (χ2v) is 7.49. The van der Waals surface area contributed by atoms with Crippen LogP contribution in [0.3, 0.4) is 0 Å². The number of fused-ring (bicyclic) bond motifs is 2. The number of benzene rings is 2. The van der Waals surface area contributed by atoms with E-state index < -0.39 is 0 Å². The van der Waals surface area contributed by atoms with Crippen molar-refractivity contribution in [3.05, 3.63) is 71.6 Å². The largest absolute Gasteiger partial charge is 0.493 e. The van der Waals surface area contributed by atoms with E-state index in [-0.39, 0.29) is 6.04 Å². The van der Waals surface area contributed by atoms with Crippen LogP contribution in [0.5, 0.6) is 11.5 Å². The second kappa shape index (κ2) is 7.63. The highest BCUT2D eigenvalue weighted by Crippen LogP contribution is 2.40. The quantitative estimate of drug-likeness (QED) is 0.645. The summed E-state index contributed by atoms with van der Waals surface area (Å²) in [6.45, 7) is 7.16. The summed E-state index contributed by atoms with van der Waals surface area (Å²) in [5.74, 6) is 1.60. The number of aromatic amines is 1. The number of methoxy groups -OCH3 is 2. The monoisotopic (exact) mass is 376 g/mol. The first-order chi connectivity index (χ1) is 13.6. The molecule has 0 aliphatic carbocycles. The third-order valence-corrected chi connectivity index (χ3v) is 5.89. The van der Waals surface area contributed by atoms with Gasteiger partial charge in [0.25, 0.3) is 0 Å². The van der Waals surface area contributed by atoms with E-state index in [0.717, 1.165) is 37.3 Å². The third-order valence-electron chi connectivity index (χ3n) is 5.89. The summed E-state index contributed by atoms with van der Waals surface area (Å²) in [6, 6.07) is 11.2. The number of ether oxygens (including phenoxy) is 2. The first-order valence-electron chi connectivity index (χ1n) is 9.84. The molecule has 1 N–H and O–H groups in total. The topological polar surface area (TPSA) is 37.5 Å². The van der Waals surface area contributed by atoms with Gasteiger partial charge in [0.1, 0.15) is 0 Å². The summed E-state index contributed by atoms with van der Waals surface area (Å²) < 4.78 is 11.1. The van der Waals surface area contributed by atoms with Gasteiger partial charge in [-0.25, -0.2) is 0 Å². The van der Waals surface area contributed by atoms with Gasteiger partial charge < -0.3 is 19.4 Å². The van der Waals surface area contributed by atoms with E-state index in [1.54, 1.807) is 14.2 Å². The Morgan fingerprint density at radius 1 is 1.18 bits per heavy atom. The maximum absolute atomic E-state index is 5.56. The fraction of sp³-hybridized carbons (Fsp3) is 0.333. The molecule has 28 heavy (non-hydrogen) atoms. The fourth-order valence-corrected chi connectivity index (χ4v) is 4.39. The Hall–Kier alpha value is -2.88. The standard InChI is InChI=1S/C24H28N2O2/c1-5-26-11-10-17-13-23(27-3)24(28-4)14-20(17)22(26)9-7-18-15-25-21-12-16(2)6-8-19(18)21/h5-6,8,12-15,22,25H,1,7,9-11H2,2-4H3. The highest BCUT2D eigenvalue weighted by atomic mass is 16.5. The van der Waals surface area contributed by atoms with E-state index in [2.05, 4.69) is 59.9 Å². The number of aromatic nitrogens is 1. The molecule has 1 atom stereocenters. The van der Waals surface area contributed by atoms with Crippen molar-refractivity contribution < 1.29 is 9.47 Å². The van der Waals surface area contributed by atoms with Gasteiger partial charge in [0.15, 0.2) is 11.5 Å². The molecule has 0 amide bonds. The van der Waals surface area contributed by atoms with Gasteiger partial charge >= 0.3 is 0 Å². The first kappa shape index (κ1) is 18.5. The molecular formula is C24H28N2O2. The number of rotatable bonds is 6. The van der Waals surface area contributed by atoms with Crippen LogP contribution in [0.4, 0.5) is 0 Å². The second-order valence-electron chi connectivity index (χ2n) is 7.49. The van der Waals surface area contributed by atoms with Crippen molar-refractivity contribution in [2.45, 2.75) is 32.2 Å². The van der Waals surface area contributed by atoms with Gasteiger partial charge in [-0.05, 0) is 72.8 Å². The van der Waals surface area contributed by atoms with Gasteiger partial charge in [0, 0.05) is 23.6 Å². The smallest absolute Gasteiger partial charge is 0.161 e. The number of nitrogens with one attached hydrogen (secondary N) is 1. The van der Waals surface area contributed by atoms with Gasteiger partial charge in [0.05, 0.1) is 20.3 Å². The van der Waals surface area contributed by atoms with Gasteiger partial charge in [-0.3, -0.25) is 0 Å². The van der Waals surface area contributed by atoms with Crippen molar-refractivity contribution in [1.29, 1.82) is 0 Å². The SMILES string of the molecule is C=CN1CCc2cc(OC)c(OC)cc2C1CCc1c[nH]c2cc(C)ccc12. The van der Waals surface area contributed by atoms with E-state index in [9.17, 15) is 0 Å². The summed E-state index contributed by atoms with van der Waals surface area (Å²) in [6.07, 6.45) is 7.15. The number of nitrogens with zero attached hydrogens (tertiary/aromatic N) is 1. The van der Waals surface area contributed by atoms with Crippen molar-refractivity contribution in [2.24, 2.45) is 0 Å². The average Bonchev–Trinajstić information content (AvgIpc) is 3.12. The molecule has 0 bridgehead atoms. The molecule has 1 aromatic heterocycles. The zero-order valence-electron chi connectivity index (χ0n) is 16.9. The van der Waals surface area contributed by atoms with Crippen LogP contribution in [0.25, 0.3) is 10.9 Å². The molecular weight excluding hydrogens is 348 g/mol. The first-order valence-corrected chi connectivity index (χ1v) is 9.84. The summed E-state index contributed by atoms with van der Waals surface area (Å²) in [5.41, 5.74) is 6.52. The Kier molecular flexibility index (Phi) is 5.03. The van der Waals surface area contributed by atoms with E-state index in [4.69, 9.17) is 9.47 Å². The lowest BCUT2D eigenvalue weighted by Crippen LogP contribution is -2.31. The molecule has 146 valence electrons. The zero-order chi connectivity index (χ0) is 19.7. The molecule has 4 heteroatoms. The minimum atomic E-state index is 0.288. The Morgan fingerprint density at radius 2 is 1.96 bits per heavy atom. The summed E-state index contributed by atoms with van der Waals surface area (Å²) in [5, 5.41) is 1.32. The normalized spacial score (nSPS) is 16.1. The lowest BCUT2D eigenvalue weighted by Gasteiger charge is -2.37. The third kappa shape index (κ3) is 3.24. The molecule has 0 spiro atoms.